The highest BCUT2D eigenvalue weighted by molar-refractivity contribution is 6.14. The molecule has 0 bridgehead atoms. The SMILES string of the molecule is CCN(C(=O)c1cc(C)ccc1[NH2+]/N=C\C=N)[C@@H](C)CC#N. The number of nitrogens with one attached hydrogen (secondary N) is 1. The molecule has 0 fully saturated rings. The van der Waals surface area contributed by atoms with E-state index in [2.05, 4.69) is 11.2 Å². The highest BCUT2D eigenvalue weighted by atomic mass is 16.2. The Kier molecular flexibility index (Phi) is 6.93. The van der Waals surface area contributed by atoms with Crippen LogP contribution in [0.1, 0.15) is 36.2 Å². The molecule has 1 aromatic carbocycles. The van der Waals surface area contributed by atoms with Crippen LogP contribution in [0.5, 0.6) is 0 Å². The minimum Gasteiger partial charge on any atom is -0.335 e. The molecule has 0 spiro atoms. The first-order chi connectivity index (χ1) is 10.5. The van der Waals surface area contributed by atoms with E-state index in [0.29, 0.717) is 24.2 Å². The number of benzene rings is 1. The Bertz CT molecular complexity index is 603. The highest BCUT2D eigenvalue weighted by Crippen LogP contribution is 2.17. The Hall–Kier alpha value is -2.52. The fourth-order valence-electron chi connectivity index (χ4n) is 2.19. The van der Waals surface area contributed by atoms with E-state index in [1.807, 2.05) is 39.0 Å². The molecule has 0 heterocycles. The summed E-state index contributed by atoms with van der Waals surface area (Å²) in [5.74, 6) is -0.106. The summed E-state index contributed by atoms with van der Waals surface area (Å²) in [7, 11) is 0. The van der Waals surface area contributed by atoms with Crippen molar-refractivity contribution >= 4 is 24.0 Å². The van der Waals surface area contributed by atoms with E-state index in [4.69, 9.17) is 10.7 Å². The number of hydrogen-bond donors (Lipinski definition) is 2. The molecule has 0 saturated heterocycles. The first-order valence-electron chi connectivity index (χ1n) is 7.19. The second-order valence-corrected chi connectivity index (χ2v) is 4.99. The maximum Gasteiger partial charge on any atom is 0.260 e. The maximum atomic E-state index is 12.8. The van der Waals surface area contributed by atoms with Crippen LogP contribution in [0.3, 0.4) is 0 Å². The predicted molar refractivity (Wildman–Crippen MR) is 86.4 cm³/mol. The lowest BCUT2D eigenvalue weighted by molar-refractivity contribution is -0.577. The minimum absolute atomic E-state index is 0.106. The number of nitriles is 1. The largest absolute Gasteiger partial charge is 0.335 e. The lowest BCUT2D eigenvalue weighted by atomic mass is 10.1. The summed E-state index contributed by atoms with van der Waals surface area (Å²) in [5, 5.41) is 19.8. The molecule has 0 aliphatic heterocycles. The van der Waals surface area contributed by atoms with Crippen LogP contribution in [0.2, 0.25) is 0 Å². The third-order valence-corrected chi connectivity index (χ3v) is 3.33. The van der Waals surface area contributed by atoms with Gasteiger partial charge < -0.3 is 10.3 Å². The zero-order valence-corrected chi connectivity index (χ0v) is 13.2. The molecule has 116 valence electrons. The van der Waals surface area contributed by atoms with Crippen molar-refractivity contribution in [2.45, 2.75) is 33.2 Å². The molecule has 22 heavy (non-hydrogen) atoms. The van der Waals surface area contributed by atoms with Crippen molar-refractivity contribution in [3.05, 3.63) is 29.3 Å². The Morgan fingerprint density at radius 2 is 2.32 bits per heavy atom. The number of aryl methyl sites for hydroxylation is 1. The molecule has 1 amide bonds. The second kappa shape index (κ2) is 8.70. The number of hydrogen-bond acceptors (Lipinski definition) is 4. The monoisotopic (exact) mass is 300 g/mol. The van der Waals surface area contributed by atoms with Gasteiger partial charge in [-0.25, -0.2) is 0 Å². The van der Waals surface area contributed by atoms with Gasteiger partial charge in [-0.15, -0.1) is 0 Å². The number of carbonyl (C=O) groups excluding carboxylic acids is 1. The fourth-order valence-corrected chi connectivity index (χ4v) is 2.19. The van der Waals surface area contributed by atoms with Gasteiger partial charge in [0.2, 0.25) is 0 Å². The molecule has 6 heteroatoms. The van der Waals surface area contributed by atoms with Crippen molar-refractivity contribution in [3.8, 4) is 6.07 Å². The van der Waals surface area contributed by atoms with Crippen LogP contribution >= 0.6 is 0 Å². The zero-order valence-electron chi connectivity index (χ0n) is 13.2. The second-order valence-electron chi connectivity index (χ2n) is 4.99. The average Bonchev–Trinajstić information content (AvgIpc) is 2.49. The smallest absolute Gasteiger partial charge is 0.260 e. The van der Waals surface area contributed by atoms with E-state index in [9.17, 15) is 4.79 Å². The van der Waals surface area contributed by atoms with Crippen LogP contribution in [-0.2, 0) is 0 Å². The van der Waals surface area contributed by atoms with Gasteiger partial charge in [-0.05, 0) is 32.4 Å². The van der Waals surface area contributed by atoms with Crippen LogP contribution in [0, 0.1) is 23.7 Å². The summed E-state index contributed by atoms with van der Waals surface area (Å²) >= 11 is 0. The summed E-state index contributed by atoms with van der Waals surface area (Å²) in [4.78, 5) is 14.5. The molecule has 0 aliphatic rings. The number of amides is 1. The van der Waals surface area contributed by atoms with Crippen molar-refractivity contribution in [2.75, 3.05) is 6.54 Å². The van der Waals surface area contributed by atoms with Crippen molar-refractivity contribution in [3.63, 3.8) is 0 Å². The molecule has 1 atom stereocenters. The standard InChI is InChI=1S/C16H21N5O/c1-4-21(13(3)7-8-17)16(22)14-11-12(2)5-6-15(14)20-19-10-9-18/h5-6,9-11,13,18,20H,4,7H2,1-3H3/p+1/b18-9?,19-10-/t13-/m0/s1. The van der Waals surface area contributed by atoms with Gasteiger partial charge in [0.15, 0.2) is 5.69 Å². The molecule has 0 radical (unpaired) electrons. The number of nitrogens with two attached hydrogens (primary N) is 1. The fraction of sp³-hybridized carbons (Fsp3) is 0.375. The number of rotatable bonds is 7. The van der Waals surface area contributed by atoms with Gasteiger partial charge in [-0.3, -0.25) is 4.79 Å². The van der Waals surface area contributed by atoms with Gasteiger partial charge in [0.25, 0.3) is 5.91 Å². The molecule has 0 saturated carbocycles. The van der Waals surface area contributed by atoms with Crippen molar-refractivity contribution in [1.29, 1.82) is 10.7 Å². The molecule has 6 nitrogen and oxygen atoms in total. The molecule has 0 aromatic heterocycles. The van der Waals surface area contributed by atoms with E-state index in [1.54, 1.807) is 10.3 Å². The highest BCUT2D eigenvalue weighted by Gasteiger charge is 2.24. The zero-order chi connectivity index (χ0) is 16.5. The molecule has 1 aromatic rings. The van der Waals surface area contributed by atoms with Gasteiger partial charge in [0, 0.05) is 24.9 Å². The Morgan fingerprint density at radius 3 is 2.91 bits per heavy atom. The normalized spacial score (nSPS) is 11.9. The molecule has 1 rings (SSSR count). The van der Waals surface area contributed by atoms with E-state index in [0.717, 1.165) is 11.8 Å². The minimum atomic E-state index is -0.138. The van der Waals surface area contributed by atoms with Crippen molar-refractivity contribution in [2.24, 2.45) is 5.10 Å². The van der Waals surface area contributed by atoms with E-state index >= 15 is 0 Å². The lowest BCUT2D eigenvalue weighted by Crippen LogP contribution is -2.72. The first-order valence-corrected chi connectivity index (χ1v) is 7.19. The quantitative estimate of drug-likeness (QED) is 0.346. The summed E-state index contributed by atoms with van der Waals surface area (Å²) in [6.45, 7) is 6.24. The Labute approximate surface area is 130 Å². The van der Waals surface area contributed by atoms with Crippen LogP contribution < -0.4 is 5.43 Å². The van der Waals surface area contributed by atoms with Crippen LogP contribution in [0.4, 0.5) is 5.69 Å². The molecule has 0 aliphatic carbocycles. The van der Waals surface area contributed by atoms with Gasteiger partial charge in [-0.1, -0.05) is 11.2 Å². The molecule has 0 unspecified atom stereocenters. The third-order valence-electron chi connectivity index (χ3n) is 3.33. The average molecular weight is 300 g/mol. The Morgan fingerprint density at radius 1 is 1.59 bits per heavy atom. The summed E-state index contributed by atoms with van der Waals surface area (Å²) < 4.78 is 0. The Balaban J connectivity index is 3.13. The summed E-state index contributed by atoms with van der Waals surface area (Å²) in [6.07, 6.45) is 2.74. The topological polar surface area (TPSA) is 96.9 Å². The van der Waals surface area contributed by atoms with Gasteiger partial charge in [-0.2, -0.15) is 10.7 Å². The molecular weight excluding hydrogens is 278 g/mol. The van der Waals surface area contributed by atoms with Crippen LogP contribution in [-0.4, -0.2) is 35.8 Å². The first kappa shape index (κ1) is 17.5. The van der Waals surface area contributed by atoms with Crippen LogP contribution in [0.15, 0.2) is 23.3 Å². The van der Waals surface area contributed by atoms with Gasteiger partial charge in [0.05, 0.1) is 12.5 Å². The van der Waals surface area contributed by atoms with Crippen LogP contribution in [0.25, 0.3) is 0 Å². The molecular formula is C16H22N5O+. The van der Waals surface area contributed by atoms with Crippen molar-refractivity contribution in [1.82, 2.24) is 4.90 Å². The number of quaternary nitrogens is 1. The third kappa shape index (κ3) is 4.50. The number of nitrogens with zero attached hydrogens (tertiary/aromatic N) is 3. The van der Waals surface area contributed by atoms with E-state index < -0.39 is 0 Å². The maximum absolute atomic E-state index is 12.8. The lowest BCUT2D eigenvalue weighted by Gasteiger charge is -2.26. The van der Waals surface area contributed by atoms with E-state index in [1.165, 1.54) is 6.21 Å². The van der Waals surface area contributed by atoms with Gasteiger partial charge >= 0.3 is 0 Å². The van der Waals surface area contributed by atoms with Crippen molar-refractivity contribution < 1.29 is 10.2 Å². The molecule has 3 N–H and O–H groups in total. The van der Waals surface area contributed by atoms with Gasteiger partial charge in [0.1, 0.15) is 11.8 Å². The summed E-state index contributed by atoms with van der Waals surface area (Å²) in [6, 6.07) is 7.55. The van der Waals surface area contributed by atoms with E-state index in [-0.39, 0.29) is 11.9 Å². The summed E-state index contributed by atoms with van der Waals surface area (Å²) in [5.41, 5.74) is 3.83. The number of carbonyl (C=O) groups is 1. The predicted octanol–water partition coefficient (Wildman–Crippen LogP) is 1.59.